The van der Waals surface area contributed by atoms with Gasteiger partial charge < -0.3 is 10.1 Å². The molecule has 0 radical (unpaired) electrons. The van der Waals surface area contributed by atoms with Crippen molar-refractivity contribution >= 4 is 0 Å². The van der Waals surface area contributed by atoms with Crippen LogP contribution in [0, 0.1) is 5.41 Å². The predicted molar refractivity (Wildman–Crippen MR) is 60.5 cm³/mol. The van der Waals surface area contributed by atoms with Gasteiger partial charge in [0.15, 0.2) is 0 Å². The topological polar surface area (TPSA) is 21.3 Å². The number of rotatable bonds is 6. The Hall–Kier alpha value is -0.0800. The summed E-state index contributed by atoms with van der Waals surface area (Å²) in [5.41, 5.74) is 0.542. The Balaban J connectivity index is 2.36. The first-order valence-corrected chi connectivity index (χ1v) is 5.91. The van der Waals surface area contributed by atoms with E-state index < -0.39 is 0 Å². The van der Waals surface area contributed by atoms with Crippen LogP contribution in [0.2, 0.25) is 0 Å². The van der Waals surface area contributed by atoms with Crippen LogP contribution in [0.3, 0.4) is 0 Å². The highest BCUT2D eigenvalue weighted by Gasteiger charge is 2.32. The van der Waals surface area contributed by atoms with E-state index in [4.69, 9.17) is 4.74 Å². The van der Waals surface area contributed by atoms with Crippen LogP contribution in [0.5, 0.6) is 0 Å². The lowest BCUT2D eigenvalue weighted by Crippen LogP contribution is -2.36. The van der Waals surface area contributed by atoms with E-state index in [1.807, 2.05) is 0 Å². The molecule has 1 aliphatic rings. The molecule has 84 valence electrons. The van der Waals surface area contributed by atoms with E-state index in [0.717, 1.165) is 6.61 Å². The van der Waals surface area contributed by atoms with Crippen LogP contribution in [-0.4, -0.2) is 26.3 Å². The number of methoxy groups -OCH3 is 1. The lowest BCUT2D eigenvalue weighted by molar-refractivity contribution is 0.134. The SMILES string of the molecule is COCCC1(CNC(C)C)CCCC1. The van der Waals surface area contributed by atoms with E-state index in [2.05, 4.69) is 19.2 Å². The molecule has 2 nitrogen and oxygen atoms in total. The molecule has 0 aliphatic heterocycles. The molecule has 1 N–H and O–H groups in total. The molecule has 0 unspecified atom stereocenters. The van der Waals surface area contributed by atoms with Crippen LogP contribution in [-0.2, 0) is 4.74 Å². The van der Waals surface area contributed by atoms with Gasteiger partial charge in [-0.05, 0) is 24.7 Å². The smallest absolute Gasteiger partial charge is 0.0468 e. The van der Waals surface area contributed by atoms with E-state index in [1.165, 1.54) is 38.6 Å². The molecule has 2 heteroatoms. The molecule has 0 aromatic heterocycles. The molecule has 1 rings (SSSR count). The second-order valence-electron chi connectivity index (χ2n) is 4.99. The summed E-state index contributed by atoms with van der Waals surface area (Å²) >= 11 is 0. The van der Waals surface area contributed by atoms with Gasteiger partial charge in [-0.2, -0.15) is 0 Å². The van der Waals surface area contributed by atoms with Gasteiger partial charge in [0.2, 0.25) is 0 Å². The lowest BCUT2D eigenvalue weighted by atomic mass is 9.82. The van der Waals surface area contributed by atoms with Crippen molar-refractivity contribution in [3.8, 4) is 0 Å². The third kappa shape index (κ3) is 3.58. The van der Waals surface area contributed by atoms with Crippen molar-refractivity contribution in [1.82, 2.24) is 5.32 Å². The number of hydrogen-bond acceptors (Lipinski definition) is 2. The van der Waals surface area contributed by atoms with Gasteiger partial charge in [-0.15, -0.1) is 0 Å². The second kappa shape index (κ2) is 5.72. The molecular formula is C12H25NO. The molecular weight excluding hydrogens is 174 g/mol. The Kier molecular flexibility index (Phi) is 4.90. The summed E-state index contributed by atoms with van der Waals surface area (Å²) in [6, 6.07) is 0.606. The van der Waals surface area contributed by atoms with Gasteiger partial charge in [0.25, 0.3) is 0 Å². The Bertz CT molecular complexity index is 150. The summed E-state index contributed by atoms with van der Waals surface area (Å²) in [7, 11) is 1.80. The maximum Gasteiger partial charge on any atom is 0.0468 e. The summed E-state index contributed by atoms with van der Waals surface area (Å²) in [4.78, 5) is 0. The third-order valence-corrected chi connectivity index (χ3v) is 3.39. The molecule has 0 amide bonds. The van der Waals surface area contributed by atoms with Gasteiger partial charge in [0.1, 0.15) is 0 Å². The Morgan fingerprint density at radius 3 is 2.43 bits per heavy atom. The highest BCUT2D eigenvalue weighted by Crippen LogP contribution is 2.40. The zero-order chi connectivity index (χ0) is 10.4. The maximum absolute atomic E-state index is 5.21. The average molecular weight is 199 g/mol. The van der Waals surface area contributed by atoms with Crippen molar-refractivity contribution in [2.75, 3.05) is 20.3 Å². The zero-order valence-corrected chi connectivity index (χ0v) is 9.94. The second-order valence-corrected chi connectivity index (χ2v) is 4.99. The molecule has 0 aromatic rings. The van der Waals surface area contributed by atoms with Gasteiger partial charge in [0.05, 0.1) is 0 Å². The molecule has 0 aromatic carbocycles. The van der Waals surface area contributed by atoms with Crippen molar-refractivity contribution < 1.29 is 4.74 Å². The molecule has 1 aliphatic carbocycles. The average Bonchev–Trinajstić information content (AvgIpc) is 2.61. The number of hydrogen-bond donors (Lipinski definition) is 1. The van der Waals surface area contributed by atoms with Crippen LogP contribution < -0.4 is 5.32 Å². The number of nitrogens with one attached hydrogen (secondary N) is 1. The molecule has 0 atom stereocenters. The largest absolute Gasteiger partial charge is 0.385 e. The normalized spacial score (nSPS) is 20.6. The van der Waals surface area contributed by atoms with E-state index in [1.54, 1.807) is 7.11 Å². The summed E-state index contributed by atoms with van der Waals surface area (Å²) in [6.45, 7) is 6.53. The lowest BCUT2D eigenvalue weighted by Gasteiger charge is -2.30. The fourth-order valence-electron chi connectivity index (χ4n) is 2.38. The van der Waals surface area contributed by atoms with E-state index >= 15 is 0 Å². The number of ether oxygens (including phenoxy) is 1. The van der Waals surface area contributed by atoms with Gasteiger partial charge in [-0.3, -0.25) is 0 Å². The Labute approximate surface area is 88.4 Å². The molecule has 0 bridgehead atoms. The van der Waals surface area contributed by atoms with Crippen LogP contribution in [0.25, 0.3) is 0 Å². The maximum atomic E-state index is 5.21. The van der Waals surface area contributed by atoms with Gasteiger partial charge >= 0.3 is 0 Å². The van der Waals surface area contributed by atoms with Crippen molar-refractivity contribution in [3.05, 3.63) is 0 Å². The van der Waals surface area contributed by atoms with Gasteiger partial charge in [0, 0.05) is 26.3 Å². The van der Waals surface area contributed by atoms with Crippen LogP contribution in [0.4, 0.5) is 0 Å². The van der Waals surface area contributed by atoms with Crippen LogP contribution >= 0.6 is 0 Å². The summed E-state index contributed by atoms with van der Waals surface area (Å²) in [5, 5.41) is 3.58. The predicted octanol–water partition coefficient (Wildman–Crippen LogP) is 2.58. The minimum absolute atomic E-state index is 0.542. The van der Waals surface area contributed by atoms with Crippen LogP contribution in [0.15, 0.2) is 0 Å². The Morgan fingerprint density at radius 2 is 1.93 bits per heavy atom. The molecule has 1 saturated carbocycles. The molecule has 14 heavy (non-hydrogen) atoms. The molecule has 0 spiro atoms. The van der Waals surface area contributed by atoms with E-state index in [-0.39, 0.29) is 0 Å². The highest BCUT2D eigenvalue weighted by molar-refractivity contribution is 4.86. The molecule has 1 fully saturated rings. The van der Waals surface area contributed by atoms with E-state index in [9.17, 15) is 0 Å². The first-order chi connectivity index (χ1) is 6.68. The quantitative estimate of drug-likeness (QED) is 0.710. The van der Waals surface area contributed by atoms with Crippen molar-refractivity contribution in [2.45, 2.75) is 52.0 Å². The Morgan fingerprint density at radius 1 is 1.29 bits per heavy atom. The summed E-state index contributed by atoms with van der Waals surface area (Å²) < 4.78 is 5.21. The minimum atomic E-state index is 0.542. The fourth-order valence-corrected chi connectivity index (χ4v) is 2.38. The summed E-state index contributed by atoms with van der Waals surface area (Å²) in [5.74, 6) is 0. The fraction of sp³-hybridized carbons (Fsp3) is 1.00. The first-order valence-electron chi connectivity index (χ1n) is 5.91. The van der Waals surface area contributed by atoms with Crippen molar-refractivity contribution in [1.29, 1.82) is 0 Å². The summed E-state index contributed by atoms with van der Waals surface area (Å²) in [6.07, 6.45) is 6.81. The molecule has 0 heterocycles. The van der Waals surface area contributed by atoms with Gasteiger partial charge in [-0.25, -0.2) is 0 Å². The van der Waals surface area contributed by atoms with Crippen molar-refractivity contribution in [3.63, 3.8) is 0 Å². The van der Waals surface area contributed by atoms with Crippen molar-refractivity contribution in [2.24, 2.45) is 5.41 Å². The molecule has 0 saturated heterocycles. The zero-order valence-electron chi connectivity index (χ0n) is 9.94. The monoisotopic (exact) mass is 199 g/mol. The van der Waals surface area contributed by atoms with E-state index in [0.29, 0.717) is 11.5 Å². The van der Waals surface area contributed by atoms with Crippen LogP contribution in [0.1, 0.15) is 46.0 Å². The minimum Gasteiger partial charge on any atom is -0.385 e. The first kappa shape index (κ1) is 12.0. The highest BCUT2D eigenvalue weighted by atomic mass is 16.5. The third-order valence-electron chi connectivity index (χ3n) is 3.39. The van der Waals surface area contributed by atoms with Gasteiger partial charge in [-0.1, -0.05) is 26.7 Å². The standard InChI is InChI=1S/C12H25NO/c1-11(2)13-10-12(8-9-14-3)6-4-5-7-12/h11,13H,4-10H2,1-3H3.